The number of carboxylic acid groups (broad SMARTS) is 1. The molecule has 0 saturated carbocycles. The monoisotopic (exact) mass is 1390 g/mol. The summed E-state index contributed by atoms with van der Waals surface area (Å²) in [5, 5.41) is 26.9. The summed E-state index contributed by atoms with van der Waals surface area (Å²) in [6, 6.07) is 16.8. The van der Waals surface area contributed by atoms with Gasteiger partial charge < -0.3 is 35.4 Å². The molecule has 0 aliphatic carbocycles. The quantitative estimate of drug-likeness (QED) is 0.0586. The molecule has 2 aliphatic heterocycles. The highest BCUT2D eigenvalue weighted by atomic mass is 79.9. The summed E-state index contributed by atoms with van der Waals surface area (Å²) in [4.78, 5) is 99.6. The highest BCUT2D eigenvalue weighted by molar-refractivity contribution is 9.10. The minimum atomic E-state index is -1.35. The van der Waals surface area contributed by atoms with Gasteiger partial charge in [-0.05, 0) is 104 Å². The lowest BCUT2D eigenvalue weighted by atomic mass is 10.0. The third kappa shape index (κ3) is 17.6. The SMILES string of the molecule is C.COc1ncc(-c2ccc3c(c2)c(C(C)=O)nn3CC(=O)N2C[C@H](F)C[C@H]2C(=O)Nc2nc(Br)ccc2C)cn1.COc1ncc(-c2ccc3c(c2)c(C(C)=O)nn3CC(=O)O)cn1.Cc1ccc(Br)nc1NC(=O)[C@@H]1C[C@@H](F)CN1.Cl.S.S=S. The molecule has 2 aromatic carbocycles. The van der Waals surface area contributed by atoms with E-state index >= 15 is 0 Å². The van der Waals surface area contributed by atoms with Gasteiger partial charge in [-0.2, -0.15) is 23.7 Å². The highest BCUT2D eigenvalue weighted by Crippen LogP contribution is 2.30. The average Bonchev–Trinajstić information content (AvgIpc) is 1.83. The van der Waals surface area contributed by atoms with Crippen molar-refractivity contribution in [2.24, 2.45) is 0 Å². The maximum Gasteiger partial charge on any atom is 0.325 e. The van der Waals surface area contributed by atoms with Crippen molar-refractivity contribution < 1.29 is 52.1 Å². The molecule has 8 heterocycles. The van der Waals surface area contributed by atoms with Crippen molar-refractivity contribution in [3.63, 3.8) is 0 Å². The Morgan fingerprint density at radius 1 is 0.674 bits per heavy atom. The van der Waals surface area contributed by atoms with Gasteiger partial charge in [0.05, 0.1) is 37.8 Å². The number of likely N-dealkylation sites (tertiary alicyclic amines) is 1. The molecule has 0 spiro atoms. The van der Waals surface area contributed by atoms with Gasteiger partial charge in [-0.15, -0.1) is 12.4 Å². The maximum atomic E-state index is 14.5. The van der Waals surface area contributed by atoms with E-state index in [9.17, 15) is 37.5 Å². The molecule has 2 fully saturated rings. The molecule has 2 aliphatic rings. The number of carboxylic acids is 1. The Bertz CT molecular complexity index is 3740. The number of Topliss-reactive ketones (excluding diaryl/α,β-unsaturated/α-hetero) is 2. The van der Waals surface area contributed by atoms with Gasteiger partial charge >= 0.3 is 18.0 Å². The fraction of sp³-hybridized carbons (Fsp3) is 0.309. The average molecular weight is 1390 g/mol. The number of nitrogens with zero attached hydrogens (tertiary/aromatic N) is 11. The van der Waals surface area contributed by atoms with Crippen LogP contribution in [0.1, 0.15) is 66.2 Å². The molecule has 4 N–H and O–H groups in total. The van der Waals surface area contributed by atoms with Crippen LogP contribution in [0.4, 0.5) is 20.4 Å². The molecule has 6 aromatic heterocycles. The first-order valence-corrected chi connectivity index (χ1v) is 27.9. The van der Waals surface area contributed by atoms with E-state index < -0.39 is 42.2 Å². The number of fused-ring (bicyclic) bond motifs is 2. The number of aliphatic carboxylic acids is 1. The first-order valence-electron chi connectivity index (χ1n) is 25.0. The molecule has 23 nitrogen and oxygen atoms in total. The minimum absolute atomic E-state index is 0. The number of carbonyl (C=O) groups excluding carboxylic acids is 5. The lowest BCUT2D eigenvalue weighted by Crippen LogP contribution is -2.44. The van der Waals surface area contributed by atoms with E-state index in [2.05, 4.69) is 110 Å². The molecule has 8 aromatic rings. The number of hydrogen-bond donors (Lipinski definition) is 4. The number of carbonyl (C=O) groups is 6. The van der Waals surface area contributed by atoms with Crippen LogP contribution in [0.2, 0.25) is 0 Å². The van der Waals surface area contributed by atoms with Crippen LogP contribution in [0.25, 0.3) is 44.1 Å². The largest absolute Gasteiger partial charge is 0.480 e. The number of nitrogens with one attached hydrogen (secondary N) is 3. The predicted molar refractivity (Wildman–Crippen MR) is 338 cm³/mol. The molecule has 456 valence electrons. The third-order valence-corrected chi connectivity index (χ3v) is 13.8. The molecule has 0 unspecified atom stereocenters. The van der Waals surface area contributed by atoms with Gasteiger partial charge in [0.25, 0.3) is 0 Å². The first kappa shape index (κ1) is 71.0. The molecule has 10 rings (SSSR count). The zero-order valence-corrected chi connectivity index (χ0v) is 52.6. The highest BCUT2D eigenvalue weighted by Gasteiger charge is 2.40. The normalized spacial score (nSPS) is 15.5. The fourth-order valence-electron chi connectivity index (χ4n) is 8.84. The van der Waals surface area contributed by atoms with Crippen LogP contribution in [0.15, 0.2) is 94.7 Å². The van der Waals surface area contributed by atoms with Crippen molar-refractivity contribution >= 4 is 149 Å². The van der Waals surface area contributed by atoms with Crippen LogP contribution < -0.4 is 25.4 Å². The van der Waals surface area contributed by atoms with Gasteiger partial charge in [0, 0.05) is 102 Å². The van der Waals surface area contributed by atoms with Crippen molar-refractivity contribution in [1.29, 1.82) is 0 Å². The third-order valence-electron chi connectivity index (χ3n) is 12.9. The van der Waals surface area contributed by atoms with E-state index in [1.54, 1.807) is 86.3 Å². The van der Waals surface area contributed by atoms with E-state index in [1.165, 1.54) is 42.3 Å². The summed E-state index contributed by atoms with van der Waals surface area (Å²) in [5.41, 5.74) is 6.15. The van der Waals surface area contributed by atoms with Crippen molar-refractivity contribution in [2.75, 3.05) is 37.9 Å². The molecule has 4 atom stereocenters. The zero-order valence-electron chi connectivity index (χ0n) is 46.0. The topological polar surface area (TPSA) is 293 Å². The van der Waals surface area contributed by atoms with Crippen molar-refractivity contribution in [3.8, 4) is 34.3 Å². The second kappa shape index (κ2) is 32.3. The Morgan fingerprint density at radius 2 is 1.12 bits per heavy atom. The molecule has 0 radical (unpaired) electrons. The van der Waals surface area contributed by atoms with Crippen molar-refractivity contribution in [3.05, 3.63) is 117 Å². The Balaban J connectivity index is 0.000000293. The van der Waals surface area contributed by atoms with E-state index in [1.807, 2.05) is 13.0 Å². The number of anilines is 2. The summed E-state index contributed by atoms with van der Waals surface area (Å²) < 4.78 is 41.3. The Labute approximate surface area is 532 Å². The molecule has 0 bridgehead atoms. The number of hydrogen-bond acceptors (Lipinski definition) is 19. The van der Waals surface area contributed by atoms with Crippen LogP contribution in [-0.2, 0) is 54.6 Å². The van der Waals surface area contributed by atoms with Gasteiger partial charge in [0.1, 0.15) is 63.7 Å². The predicted octanol–water partition coefficient (Wildman–Crippen LogP) is 8.49. The van der Waals surface area contributed by atoms with E-state index in [-0.39, 0.29) is 113 Å². The van der Waals surface area contributed by atoms with Crippen LogP contribution in [0.5, 0.6) is 12.0 Å². The second-order valence-electron chi connectivity index (χ2n) is 18.7. The number of methoxy groups -OCH3 is 2. The lowest BCUT2D eigenvalue weighted by Gasteiger charge is -2.24. The molecular weight excluding hydrogens is 1330 g/mol. The van der Waals surface area contributed by atoms with E-state index in [0.29, 0.717) is 48.2 Å². The van der Waals surface area contributed by atoms with Gasteiger partial charge in [-0.3, -0.25) is 38.1 Å². The number of amides is 3. The van der Waals surface area contributed by atoms with Crippen LogP contribution in [-0.4, -0.2) is 146 Å². The van der Waals surface area contributed by atoms with E-state index in [4.69, 9.17) is 14.6 Å². The standard InChI is InChI=1S/C27H25BrFN7O4.C16H14N4O4.C11H13BrFN3O.CH4.ClH.S2.H2S/c1-14-4-7-22(28)32-25(14)33-26(39)21-9-18(29)12-35(21)23(38)13-36-20-6-5-16(8-19(20)24(34-36)15(2)37)17-10-30-27(40-3)31-11-17;1-9(21)15-12-5-10(11-6-17-16(24-2)18-7-11)3-4-13(12)20(19-15)8-14(22)23;1-6-2-3-9(12)15-10(6)16-11(17)8-4-7(13)5-14-8;;;1-2;/h4-8,10-11,18,21H,9,12-13H2,1-3H3,(H,32,33,39);3-7H,8H2,1-2H3,(H,22,23);2-3,7-8,14H,4-5H2,1H3,(H,15,16,17);1H4;1H;;1H2/t18-,21+;;7-,8+;;;;/m1.1..../s1. The summed E-state index contributed by atoms with van der Waals surface area (Å²) in [6.07, 6.45) is 4.23. The van der Waals surface area contributed by atoms with Crippen molar-refractivity contribution in [2.45, 2.75) is 85.5 Å². The fourth-order valence-corrected chi connectivity index (χ4v) is 9.45. The number of ether oxygens (including phenoxy) is 2. The van der Waals surface area contributed by atoms with E-state index in [0.717, 1.165) is 27.8 Å². The number of aryl methyl sites for hydroxylation is 2. The number of benzene rings is 2. The summed E-state index contributed by atoms with van der Waals surface area (Å²) >= 11 is 13.8. The Morgan fingerprint density at radius 3 is 1.52 bits per heavy atom. The van der Waals surface area contributed by atoms with Crippen LogP contribution in [0, 0.1) is 13.8 Å². The number of pyridine rings is 2. The lowest BCUT2D eigenvalue weighted by molar-refractivity contribution is -0.138. The number of alkyl halides is 2. The maximum absolute atomic E-state index is 14.5. The molecule has 2 saturated heterocycles. The van der Waals surface area contributed by atoms with Gasteiger partial charge in [-0.1, -0.05) is 31.7 Å². The molecule has 3 amide bonds. The minimum Gasteiger partial charge on any atom is -0.480 e. The number of halogens is 5. The number of ketones is 2. The first-order chi connectivity index (χ1) is 39.7. The molecule has 86 heavy (non-hydrogen) atoms. The van der Waals surface area contributed by atoms with Gasteiger partial charge in [-0.25, -0.2) is 38.7 Å². The number of aromatic nitrogens is 10. The summed E-state index contributed by atoms with van der Waals surface area (Å²) in [5.74, 6) is -1.95. The number of rotatable bonds is 14. The molecule has 31 heteroatoms. The Hall–Kier alpha value is -7.48. The summed E-state index contributed by atoms with van der Waals surface area (Å²) in [7, 11) is 2.96. The molecular formula is C55H59Br2ClF2N14O9S3. The van der Waals surface area contributed by atoms with Gasteiger partial charge in [0.2, 0.25) is 17.7 Å². The summed E-state index contributed by atoms with van der Waals surface area (Å²) in [6.45, 7) is 5.86. The Kier molecular flexibility index (Phi) is 26.7. The zero-order chi connectivity index (χ0) is 60.2. The smallest absolute Gasteiger partial charge is 0.325 e. The second-order valence-corrected chi connectivity index (χ2v) is 20.3. The van der Waals surface area contributed by atoms with Crippen LogP contribution >= 0.6 is 57.8 Å². The van der Waals surface area contributed by atoms with Gasteiger partial charge in [0.15, 0.2) is 11.6 Å². The van der Waals surface area contributed by atoms with Crippen LogP contribution in [0.3, 0.4) is 0 Å². The van der Waals surface area contributed by atoms with Crippen molar-refractivity contribution in [1.82, 2.24) is 59.7 Å².